The zero-order valence-electron chi connectivity index (χ0n) is 8.64. The topological polar surface area (TPSA) is 68.5 Å². The molecule has 0 fully saturated rings. The fourth-order valence-corrected chi connectivity index (χ4v) is 1.27. The standard InChI is InChI=1S/C10H13NO4/c1-7-3-4-11(9(12)5-7)8(6-15-2)10(13)14/h3-5,8H,6H2,1-2H3,(H,13,14). The molecule has 5 nitrogen and oxygen atoms in total. The number of aliphatic carboxylic acids is 1. The van der Waals surface area contributed by atoms with Gasteiger partial charge in [-0.1, -0.05) is 0 Å². The van der Waals surface area contributed by atoms with E-state index in [-0.39, 0.29) is 12.2 Å². The Labute approximate surface area is 86.9 Å². The van der Waals surface area contributed by atoms with Crippen LogP contribution in [0.5, 0.6) is 0 Å². The lowest BCUT2D eigenvalue weighted by Gasteiger charge is -2.14. The maximum absolute atomic E-state index is 11.5. The molecule has 82 valence electrons. The maximum Gasteiger partial charge on any atom is 0.329 e. The molecule has 0 spiro atoms. The van der Waals surface area contributed by atoms with Crippen molar-refractivity contribution in [3.63, 3.8) is 0 Å². The lowest BCUT2D eigenvalue weighted by molar-refractivity contribution is -0.142. The summed E-state index contributed by atoms with van der Waals surface area (Å²) in [6.07, 6.45) is 1.47. The molecule has 0 bridgehead atoms. The average molecular weight is 211 g/mol. The number of ether oxygens (including phenoxy) is 1. The zero-order chi connectivity index (χ0) is 11.4. The average Bonchev–Trinajstić information content (AvgIpc) is 2.15. The lowest BCUT2D eigenvalue weighted by Crippen LogP contribution is -2.32. The zero-order valence-corrected chi connectivity index (χ0v) is 8.64. The second-order valence-electron chi connectivity index (χ2n) is 3.26. The van der Waals surface area contributed by atoms with Gasteiger partial charge < -0.3 is 9.84 Å². The normalized spacial score (nSPS) is 12.4. The van der Waals surface area contributed by atoms with Gasteiger partial charge in [0, 0.05) is 19.4 Å². The third-order valence-corrected chi connectivity index (χ3v) is 2.05. The van der Waals surface area contributed by atoms with E-state index in [9.17, 15) is 9.59 Å². The minimum absolute atomic E-state index is 0.0295. The van der Waals surface area contributed by atoms with Crippen molar-refractivity contribution in [3.8, 4) is 0 Å². The van der Waals surface area contributed by atoms with Crippen molar-refractivity contribution in [1.82, 2.24) is 4.57 Å². The number of hydrogen-bond donors (Lipinski definition) is 1. The molecule has 1 aromatic rings. The minimum atomic E-state index is -1.08. The number of carboxylic acid groups (broad SMARTS) is 1. The van der Waals surface area contributed by atoms with Crippen molar-refractivity contribution in [1.29, 1.82) is 0 Å². The highest BCUT2D eigenvalue weighted by atomic mass is 16.5. The van der Waals surface area contributed by atoms with E-state index in [4.69, 9.17) is 9.84 Å². The predicted octanol–water partition coefficient (Wildman–Crippen LogP) is 0.429. The van der Waals surface area contributed by atoms with Crippen LogP contribution in [-0.4, -0.2) is 29.4 Å². The Morgan fingerprint density at radius 1 is 1.67 bits per heavy atom. The quantitative estimate of drug-likeness (QED) is 0.784. The van der Waals surface area contributed by atoms with Gasteiger partial charge in [0.15, 0.2) is 6.04 Å². The first-order valence-electron chi connectivity index (χ1n) is 4.47. The molecular weight excluding hydrogens is 198 g/mol. The second kappa shape index (κ2) is 4.75. The molecule has 0 aromatic carbocycles. The van der Waals surface area contributed by atoms with Crippen molar-refractivity contribution >= 4 is 5.97 Å². The number of nitrogens with zero attached hydrogens (tertiary/aromatic N) is 1. The van der Waals surface area contributed by atoms with Crippen LogP contribution in [0.1, 0.15) is 11.6 Å². The van der Waals surface area contributed by atoms with Crippen molar-refractivity contribution in [2.75, 3.05) is 13.7 Å². The van der Waals surface area contributed by atoms with E-state index in [2.05, 4.69) is 0 Å². The van der Waals surface area contributed by atoms with Crippen molar-refractivity contribution < 1.29 is 14.6 Å². The number of aromatic nitrogens is 1. The van der Waals surface area contributed by atoms with Crippen LogP contribution in [-0.2, 0) is 9.53 Å². The van der Waals surface area contributed by atoms with Crippen LogP contribution < -0.4 is 5.56 Å². The SMILES string of the molecule is COCC(C(=O)O)n1ccc(C)cc1=O. The smallest absolute Gasteiger partial charge is 0.329 e. The third-order valence-electron chi connectivity index (χ3n) is 2.05. The summed E-state index contributed by atoms with van der Waals surface area (Å²) in [4.78, 5) is 22.4. The van der Waals surface area contributed by atoms with Gasteiger partial charge in [-0.3, -0.25) is 9.36 Å². The first-order chi connectivity index (χ1) is 7.06. The Morgan fingerprint density at radius 3 is 2.80 bits per heavy atom. The van der Waals surface area contributed by atoms with Gasteiger partial charge >= 0.3 is 5.97 Å². The predicted molar refractivity (Wildman–Crippen MR) is 54.0 cm³/mol. The van der Waals surface area contributed by atoms with Gasteiger partial charge in [0.25, 0.3) is 5.56 Å². The first-order valence-corrected chi connectivity index (χ1v) is 4.47. The summed E-state index contributed by atoms with van der Waals surface area (Å²) in [5, 5.41) is 8.91. The highest BCUT2D eigenvalue weighted by molar-refractivity contribution is 5.72. The van der Waals surface area contributed by atoms with E-state index >= 15 is 0 Å². The summed E-state index contributed by atoms with van der Waals surface area (Å²) in [5.41, 5.74) is 0.470. The molecule has 1 aromatic heterocycles. The molecule has 0 amide bonds. The van der Waals surface area contributed by atoms with Crippen LogP contribution in [0.25, 0.3) is 0 Å². The number of carboxylic acids is 1. The van der Waals surface area contributed by atoms with Crippen molar-refractivity contribution in [2.24, 2.45) is 0 Å². The number of aryl methyl sites for hydroxylation is 1. The van der Waals surface area contributed by atoms with E-state index < -0.39 is 12.0 Å². The summed E-state index contributed by atoms with van der Waals surface area (Å²) in [7, 11) is 1.40. The summed E-state index contributed by atoms with van der Waals surface area (Å²) in [6, 6.07) is 2.11. The largest absolute Gasteiger partial charge is 0.480 e. The highest BCUT2D eigenvalue weighted by Crippen LogP contribution is 2.04. The van der Waals surface area contributed by atoms with Crippen LogP contribution in [0.3, 0.4) is 0 Å². The molecule has 0 saturated heterocycles. The number of rotatable bonds is 4. The van der Waals surface area contributed by atoms with Crippen LogP contribution in [0.2, 0.25) is 0 Å². The Bertz CT molecular complexity index is 410. The molecular formula is C10H13NO4. The number of pyridine rings is 1. The Morgan fingerprint density at radius 2 is 2.33 bits per heavy atom. The first kappa shape index (κ1) is 11.5. The molecule has 0 aliphatic carbocycles. The summed E-state index contributed by atoms with van der Waals surface area (Å²) >= 11 is 0. The van der Waals surface area contributed by atoms with E-state index in [1.807, 2.05) is 0 Å². The monoisotopic (exact) mass is 211 g/mol. The van der Waals surface area contributed by atoms with Gasteiger partial charge in [-0.15, -0.1) is 0 Å². The molecule has 0 aliphatic rings. The van der Waals surface area contributed by atoms with E-state index in [1.54, 1.807) is 13.0 Å². The van der Waals surface area contributed by atoms with Gasteiger partial charge in [-0.25, -0.2) is 4.79 Å². The molecule has 15 heavy (non-hydrogen) atoms. The fourth-order valence-electron chi connectivity index (χ4n) is 1.27. The lowest BCUT2D eigenvalue weighted by atomic mass is 10.2. The molecule has 0 saturated carbocycles. The van der Waals surface area contributed by atoms with Gasteiger partial charge in [-0.05, 0) is 18.6 Å². The summed E-state index contributed by atoms with van der Waals surface area (Å²) in [5.74, 6) is -1.08. The molecule has 0 aliphatic heterocycles. The molecule has 1 N–H and O–H groups in total. The number of carbonyl (C=O) groups is 1. The molecule has 5 heteroatoms. The van der Waals surface area contributed by atoms with Gasteiger partial charge in [0.05, 0.1) is 6.61 Å². The van der Waals surface area contributed by atoms with Crippen molar-refractivity contribution in [3.05, 3.63) is 34.2 Å². The Hall–Kier alpha value is -1.62. The number of methoxy groups -OCH3 is 1. The fraction of sp³-hybridized carbons (Fsp3) is 0.400. The molecule has 1 unspecified atom stereocenters. The number of hydrogen-bond acceptors (Lipinski definition) is 3. The molecule has 0 radical (unpaired) electrons. The van der Waals surface area contributed by atoms with E-state index in [1.165, 1.54) is 19.4 Å². The Kier molecular flexibility index (Phi) is 3.62. The van der Waals surface area contributed by atoms with Gasteiger partial charge in [-0.2, -0.15) is 0 Å². The Balaban J connectivity index is 3.11. The third kappa shape index (κ3) is 2.66. The summed E-state index contributed by atoms with van der Waals surface area (Å²) < 4.78 is 5.92. The van der Waals surface area contributed by atoms with Crippen molar-refractivity contribution in [2.45, 2.75) is 13.0 Å². The second-order valence-corrected chi connectivity index (χ2v) is 3.26. The van der Waals surface area contributed by atoms with Crippen LogP contribution in [0, 0.1) is 6.92 Å². The van der Waals surface area contributed by atoms with Crippen LogP contribution >= 0.6 is 0 Å². The molecule has 1 heterocycles. The van der Waals surface area contributed by atoms with Gasteiger partial charge in [0.2, 0.25) is 0 Å². The minimum Gasteiger partial charge on any atom is -0.480 e. The maximum atomic E-state index is 11.5. The van der Waals surface area contributed by atoms with E-state index in [0.29, 0.717) is 0 Å². The summed E-state index contributed by atoms with van der Waals surface area (Å²) in [6.45, 7) is 1.75. The van der Waals surface area contributed by atoms with Crippen LogP contribution in [0.4, 0.5) is 0 Å². The van der Waals surface area contributed by atoms with E-state index in [0.717, 1.165) is 10.1 Å². The molecule has 1 rings (SSSR count). The molecule has 1 atom stereocenters. The van der Waals surface area contributed by atoms with Crippen LogP contribution in [0.15, 0.2) is 23.1 Å². The highest BCUT2D eigenvalue weighted by Gasteiger charge is 2.19. The van der Waals surface area contributed by atoms with Gasteiger partial charge in [0.1, 0.15) is 0 Å².